The highest BCUT2D eigenvalue weighted by molar-refractivity contribution is 7.89. The van der Waals surface area contributed by atoms with E-state index in [-0.39, 0.29) is 6.04 Å². The number of benzene rings is 1. The summed E-state index contributed by atoms with van der Waals surface area (Å²) in [6.07, 6.45) is 3.04. The molecule has 0 spiro atoms. The number of hydrogen-bond acceptors (Lipinski definition) is 4. The van der Waals surface area contributed by atoms with Gasteiger partial charge in [0.15, 0.2) is 0 Å². The van der Waals surface area contributed by atoms with Gasteiger partial charge in [-0.1, -0.05) is 24.1 Å². The molecule has 1 N–H and O–H groups in total. The Morgan fingerprint density at radius 1 is 1.14 bits per heavy atom. The summed E-state index contributed by atoms with van der Waals surface area (Å²) in [6, 6.07) is 7.33. The van der Waals surface area contributed by atoms with Crippen molar-refractivity contribution in [1.29, 1.82) is 0 Å². The lowest BCUT2D eigenvalue weighted by atomic mass is 10.1. The Morgan fingerprint density at radius 2 is 1.82 bits per heavy atom. The molecule has 6 heteroatoms. The van der Waals surface area contributed by atoms with Crippen molar-refractivity contribution in [3.05, 3.63) is 29.8 Å². The van der Waals surface area contributed by atoms with Crippen LogP contribution in [0.25, 0.3) is 0 Å². The second-order valence-electron chi connectivity index (χ2n) is 6.19. The normalized spacial score (nSPS) is 27.1. The molecule has 2 fully saturated rings. The molecule has 2 atom stereocenters. The summed E-state index contributed by atoms with van der Waals surface area (Å²) in [5.74, 6) is 0. The third-order valence-electron chi connectivity index (χ3n) is 4.63. The van der Waals surface area contributed by atoms with Crippen LogP contribution in [0.1, 0.15) is 24.8 Å². The fraction of sp³-hybridized carbons (Fsp3) is 0.625. The first-order valence-electron chi connectivity index (χ1n) is 7.97. The molecule has 122 valence electrons. The van der Waals surface area contributed by atoms with Gasteiger partial charge in [0.25, 0.3) is 0 Å². The van der Waals surface area contributed by atoms with Gasteiger partial charge in [-0.3, -0.25) is 4.90 Å². The van der Waals surface area contributed by atoms with Gasteiger partial charge >= 0.3 is 0 Å². The van der Waals surface area contributed by atoms with E-state index in [2.05, 4.69) is 9.62 Å². The third kappa shape index (κ3) is 3.51. The predicted octanol–water partition coefficient (Wildman–Crippen LogP) is 1.53. The quantitative estimate of drug-likeness (QED) is 0.912. The number of nitrogens with zero attached hydrogens (tertiary/aromatic N) is 1. The maximum absolute atomic E-state index is 12.6. The predicted molar refractivity (Wildman–Crippen MR) is 85.3 cm³/mol. The molecule has 5 nitrogen and oxygen atoms in total. The molecule has 1 aliphatic heterocycles. The highest BCUT2D eigenvalue weighted by Gasteiger charge is 2.35. The summed E-state index contributed by atoms with van der Waals surface area (Å²) in [5.41, 5.74) is 1.06. The van der Waals surface area contributed by atoms with Crippen LogP contribution in [0.3, 0.4) is 0 Å². The van der Waals surface area contributed by atoms with E-state index in [4.69, 9.17) is 4.74 Å². The first-order valence-corrected chi connectivity index (χ1v) is 9.45. The van der Waals surface area contributed by atoms with Gasteiger partial charge in [-0.2, -0.15) is 0 Å². The van der Waals surface area contributed by atoms with Gasteiger partial charge in [0.1, 0.15) is 0 Å². The van der Waals surface area contributed by atoms with Crippen molar-refractivity contribution in [2.75, 3.05) is 26.3 Å². The van der Waals surface area contributed by atoms with Crippen LogP contribution >= 0.6 is 0 Å². The van der Waals surface area contributed by atoms with Crippen LogP contribution in [0.2, 0.25) is 0 Å². The van der Waals surface area contributed by atoms with Crippen molar-refractivity contribution in [2.45, 2.75) is 43.2 Å². The van der Waals surface area contributed by atoms with E-state index in [9.17, 15) is 8.42 Å². The Labute approximate surface area is 132 Å². The average molecular weight is 324 g/mol. The zero-order valence-corrected chi connectivity index (χ0v) is 13.8. The maximum atomic E-state index is 12.6. The third-order valence-corrected chi connectivity index (χ3v) is 6.14. The van der Waals surface area contributed by atoms with Crippen LogP contribution in [0, 0.1) is 6.92 Å². The van der Waals surface area contributed by atoms with Crippen LogP contribution in [0.15, 0.2) is 29.2 Å². The summed E-state index contributed by atoms with van der Waals surface area (Å²) in [6.45, 7) is 5.23. The first-order chi connectivity index (χ1) is 10.6. The van der Waals surface area contributed by atoms with Gasteiger partial charge in [-0.05, 0) is 31.9 Å². The summed E-state index contributed by atoms with van der Waals surface area (Å²) in [5, 5.41) is 0. The molecule has 1 aromatic carbocycles. The molecule has 1 heterocycles. The summed E-state index contributed by atoms with van der Waals surface area (Å²) < 4.78 is 33.5. The highest BCUT2D eigenvalue weighted by Crippen LogP contribution is 2.26. The van der Waals surface area contributed by atoms with E-state index in [1.54, 1.807) is 12.1 Å². The Morgan fingerprint density at radius 3 is 2.50 bits per heavy atom. The fourth-order valence-corrected chi connectivity index (χ4v) is 4.71. The Balaban J connectivity index is 1.71. The number of ether oxygens (including phenoxy) is 1. The van der Waals surface area contributed by atoms with Gasteiger partial charge in [0.2, 0.25) is 10.0 Å². The molecule has 0 amide bonds. The monoisotopic (exact) mass is 324 g/mol. The number of rotatable bonds is 4. The highest BCUT2D eigenvalue weighted by atomic mass is 32.2. The largest absolute Gasteiger partial charge is 0.379 e. The molecule has 1 saturated heterocycles. The number of hydrogen-bond donors (Lipinski definition) is 1. The molecule has 0 unspecified atom stereocenters. The lowest BCUT2D eigenvalue weighted by Gasteiger charge is -2.35. The van der Waals surface area contributed by atoms with Crippen LogP contribution in [-0.2, 0) is 14.8 Å². The van der Waals surface area contributed by atoms with Crippen molar-refractivity contribution >= 4 is 10.0 Å². The van der Waals surface area contributed by atoms with E-state index in [1.165, 1.54) is 0 Å². The van der Waals surface area contributed by atoms with E-state index in [1.807, 2.05) is 19.1 Å². The van der Waals surface area contributed by atoms with E-state index >= 15 is 0 Å². The van der Waals surface area contributed by atoms with Crippen molar-refractivity contribution in [3.8, 4) is 0 Å². The maximum Gasteiger partial charge on any atom is 0.240 e. The molecule has 1 aliphatic carbocycles. The average Bonchev–Trinajstić information content (AvgIpc) is 2.96. The summed E-state index contributed by atoms with van der Waals surface area (Å²) >= 11 is 0. The second-order valence-corrected chi connectivity index (χ2v) is 7.90. The SMILES string of the molecule is Cc1ccc(S(=O)(=O)N[C@H]2CCC[C@@H]2N2CCOCC2)cc1. The topological polar surface area (TPSA) is 58.6 Å². The lowest BCUT2D eigenvalue weighted by molar-refractivity contribution is 0.0140. The second kappa shape index (κ2) is 6.66. The van der Waals surface area contributed by atoms with E-state index in [0.29, 0.717) is 10.9 Å². The van der Waals surface area contributed by atoms with Crippen LogP contribution in [0.5, 0.6) is 0 Å². The van der Waals surface area contributed by atoms with Gasteiger partial charge in [0, 0.05) is 25.2 Å². The molecule has 2 aliphatic rings. The lowest BCUT2D eigenvalue weighted by Crippen LogP contribution is -2.52. The smallest absolute Gasteiger partial charge is 0.240 e. The fourth-order valence-electron chi connectivity index (χ4n) is 3.41. The van der Waals surface area contributed by atoms with E-state index < -0.39 is 10.0 Å². The molecular formula is C16H24N2O3S. The zero-order valence-electron chi connectivity index (χ0n) is 13.0. The number of sulfonamides is 1. The molecule has 22 heavy (non-hydrogen) atoms. The molecule has 0 radical (unpaired) electrons. The summed E-state index contributed by atoms with van der Waals surface area (Å²) in [7, 11) is -3.44. The van der Waals surface area contributed by atoms with Crippen LogP contribution in [0.4, 0.5) is 0 Å². The molecule has 0 bridgehead atoms. The zero-order chi connectivity index (χ0) is 15.6. The van der Waals surface area contributed by atoms with Crippen molar-refractivity contribution in [2.24, 2.45) is 0 Å². The Bertz CT molecular complexity index is 594. The molecule has 0 aromatic heterocycles. The number of aryl methyl sites for hydroxylation is 1. The molecule has 3 rings (SSSR count). The van der Waals surface area contributed by atoms with Crippen LogP contribution in [-0.4, -0.2) is 51.7 Å². The minimum absolute atomic E-state index is 0.00408. The minimum atomic E-state index is -3.44. The number of nitrogens with one attached hydrogen (secondary N) is 1. The summed E-state index contributed by atoms with van der Waals surface area (Å²) in [4.78, 5) is 2.73. The first kappa shape index (κ1) is 15.9. The van der Waals surface area contributed by atoms with Crippen molar-refractivity contribution in [3.63, 3.8) is 0 Å². The van der Waals surface area contributed by atoms with Gasteiger partial charge in [0.05, 0.1) is 18.1 Å². The Kier molecular flexibility index (Phi) is 4.82. The van der Waals surface area contributed by atoms with Gasteiger partial charge in [-0.25, -0.2) is 13.1 Å². The Hall–Kier alpha value is -0.950. The van der Waals surface area contributed by atoms with Crippen LogP contribution < -0.4 is 4.72 Å². The molecular weight excluding hydrogens is 300 g/mol. The van der Waals surface area contributed by atoms with Crippen molar-refractivity contribution < 1.29 is 13.2 Å². The van der Waals surface area contributed by atoms with E-state index in [0.717, 1.165) is 51.1 Å². The molecule has 1 aromatic rings. The van der Waals surface area contributed by atoms with Crippen molar-refractivity contribution in [1.82, 2.24) is 9.62 Å². The standard InChI is InChI=1S/C16H24N2O3S/c1-13-5-7-14(8-6-13)22(19,20)17-15-3-2-4-16(15)18-9-11-21-12-10-18/h5-8,15-17H,2-4,9-12H2,1H3/t15-,16-/m0/s1. The van der Waals surface area contributed by atoms with Gasteiger partial charge in [-0.15, -0.1) is 0 Å². The molecule has 1 saturated carbocycles. The number of morpholine rings is 1. The van der Waals surface area contributed by atoms with Gasteiger partial charge < -0.3 is 4.74 Å². The minimum Gasteiger partial charge on any atom is -0.379 e.